The number of ether oxygens (including phenoxy) is 1. The molecule has 3 heteroatoms. The van der Waals surface area contributed by atoms with E-state index in [1.165, 1.54) is 16.7 Å². The minimum Gasteiger partial charge on any atom is -0.493 e. The highest BCUT2D eigenvalue weighted by Crippen LogP contribution is 2.27. The SMILES string of the molecule is CCCOc1c(C)cc(C)cc1CN1CCNCC1. The summed E-state index contributed by atoms with van der Waals surface area (Å²) in [6, 6.07) is 4.49. The lowest BCUT2D eigenvalue weighted by atomic mass is 10.0. The van der Waals surface area contributed by atoms with Crippen LogP contribution in [0.2, 0.25) is 0 Å². The van der Waals surface area contributed by atoms with Crippen molar-refractivity contribution in [2.24, 2.45) is 0 Å². The van der Waals surface area contributed by atoms with Crippen LogP contribution < -0.4 is 10.1 Å². The third-order valence-corrected chi connectivity index (χ3v) is 3.55. The van der Waals surface area contributed by atoms with Gasteiger partial charge >= 0.3 is 0 Å². The molecule has 19 heavy (non-hydrogen) atoms. The van der Waals surface area contributed by atoms with Gasteiger partial charge in [0.2, 0.25) is 0 Å². The molecule has 1 heterocycles. The Labute approximate surface area is 116 Å². The number of benzene rings is 1. The van der Waals surface area contributed by atoms with E-state index in [4.69, 9.17) is 4.74 Å². The molecule has 106 valence electrons. The summed E-state index contributed by atoms with van der Waals surface area (Å²) in [6.07, 6.45) is 1.06. The molecule has 1 aliphatic heterocycles. The molecule has 0 aromatic heterocycles. The number of hydrogen-bond acceptors (Lipinski definition) is 3. The lowest BCUT2D eigenvalue weighted by Crippen LogP contribution is -2.42. The zero-order valence-electron chi connectivity index (χ0n) is 12.5. The van der Waals surface area contributed by atoms with Crippen LogP contribution in [0.25, 0.3) is 0 Å². The molecule has 0 unspecified atom stereocenters. The van der Waals surface area contributed by atoms with Crippen LogP contribution in [0.3, 0.4) is 0 Å². The molecule has 0 radical (unpaired) electrons. The summed E-state index contributed by atoms with van der Waals surface area (Å²) >= 11 is 0. The molecule has 0 aliphatic carbocycles. The third kappa shape index (κ3) is 3.95. The second-order valence-corrected chi connectivity index (χ2v) is 5.44. The van der Waals surface area contributed by atoms with Crippen molar-refractivity contribution in [1.82, 2.24) is 10.2 Å². The van der Waals surface area contributed by atoms with Crippen molar-refractivity contribution in [2.75, 3.05) is 32.8 Å². The van der Waals surface area contributed by atoms with E-state index < -0.39 is 0 Å². The van der Waals surface area contributed by atoms with Gasteiger partial charge in [0.05, 0.1) is 6.61 Å². The third-order valence-electron chi connectivity index (χ3n) is 3.55. The predicted molar refractivity (Wildman–Crippen MR) is 79.8 cm³/mol. The molecule has 3 nitrogen and oxygen atoms in total. The molecular formula is C16H26N2O. The van der Waals surface area contributed by atoms with Gasteiger partial charge in [0.15, 0.2) is 0 Å². The van der Waals surface area contributed by atoms with Crippen LogP contribution in [0.1, 0.15) is 30.0 Å². The number of nitrogens with zero attached hydrogens (tertiary/aromatic N) is 1. The van der Waals surface area contributed by atoms with Crippen LogP contribution >= 0.6 is 0 Å². The van der Waals surface area contributed by atoms with E-state index in [1.54, 1.807) is 0 Å². The van der Waals surface area contributed by atoms with Gasteiger partial charge in [-0.15, -0.1) is 0 Å². The lowest BCUT2D eigenvalue weighted by Gasteiger charge is -2.28. The van der Waals surface area contributed by atoms with Gasteiger partial charge in [0.1, 0.15) is 5.75 Å². The van der Waals surface area contributed by atoms with Crippen molar-refractivity contribution in [3.8, 4) is 5.75 Å². The van der Waals surface area contributed by atoms with Gasteiger partial charge in [-0.3, -0.25) is 4.90 Å². The van der Waals surface area contributed by atoms with E-state index >= 15 is 0 Å². The van der Waals surface area contributed by atoms with Crippen LogP contribution in [0.15, 0.2) is 12.1 Å². The molecule has 1 N–H and O–H groups in total. The fraction of sp³-hybridized carbons (Fsp3) is 0.625. The van der Waals surface area contributed by atoms with Crippen molar-refractivity contribution in [2.45, 2.75) is 33.7 Å². The Bertz CT molecular complexity index is 411. The van der Waals surface area contributed by atoms with Crippen molar-refractivity contribution >= 4 is 0 Å². The van der Waals surface area contributed by atoms with Crippen LogP contribution in [0, 0.1) is 13.8 Å². The molecule has 0 amide bonds. The van der Waals surface area contributed by atoms with Crippen molar-refractivity contribution in [3.63, 3.8) is 0 Å². The zero-order valence-corrected chi connectivity index (χ0v) is 12.5. The highest BCUT2D eigenvalue weighted by molar-refractivity contribution is 5.43. The Kier molecular flexibility index (Phi) is 5.23. The molecule has 1 fully saturated rings. The fourth-order valence-corrected chi connectivity index (χ4v) is 2.68. The number of nitrogens with one attached hydrogen (secondary N) is 1. The standard InChI is InChI=1S/C16H26N2O/c1-4-9-19-16-14(3)10-13(2)11-15(16)12-18-7-5-17-6-8-18/h10-11,17H,4-9,12H2,1-3H3. The molecule has 1 saturated heterocycles. The van der Waals surface area contributed by atoms with Crippen molar-refractivity contribution in [1.29, 1.82) is 0 Å². The van der Waals surface area contributed by atoms with Gasteiger partial charge in [-0.25, -0.2) is 0 Å². The average Bonchev–Trinajstić information content (AvgIpc) is 2.39. The summed E-state index contributed by atoms with van der Waals surface area (Å²) in [5.74, 6) is 1.10. The molecule has 0 bridgehead atoms. The summed E-state index contributed by atoms with van der Waals surface area (Å²) in [6.45, 7) is 12.7. The maximum Gasteiger partial charge on any atom is 0.126 e. The normalized spacial score (nSPS) is 16.6. The molecule has 0 atom stereocenters. The minimum absolute atomic E-state index is 0.804. The first-order valence-corrected chi connectivity index (χ1v) is 7.36. The summed E-state index contributed by atoms with van der Waals surface area (Å²) in [5.41, 5.74) is 3.93. The maximum absolute atomic E-state index is 5.97. The van der Waals surface area contributed by atoms with Crippen LogP contribution in [-0.4, -0.2) is 37.7 Å². The van der Waals surface area contributed by atoms with Crippen LogP contribution in [0.4, 0.5) is 0 Å². The number of aryl methyl sites for hydroxylation is 2. The largest absolute Gasteiger partial charge is 0.493 e. The van der Waals surface area contributed by atoms with Gasteiger partial charge < -0.3 is 10.1 Å². The Balaban J connectivity index is 2.15. The maximum atomic E-state index is 5.97. The quantitative estimate of drug-likeness (QED) is 0.882. The first kappa shape index (κ1) is 14.4. The monoisotopic (exact) mass is 262 g/mol. The topological polar surface area (TPSA) is 24.5 Å². The molecule has 2 rings (SSSR count). The number of piperazine rings is 1. The average molecular weight is 262 g/mol. The Morgan fingerprint density at radius 3 is 2.63 bits per heavy atom. The van der Waals surface area contributed by atoms with E-state index in [2.05, 4.69) is 43.1 Å². The van der Waals surface area contributed by atoms with Gasteiger partial charge in [-0.05, 0) is 25.8 Å². The van der Waals surface area contributed by atoms with Crippen molar-refractivity contribution in [3.05, 3.63) is 28.8 Å². The zero-order chi connectivity index (χ0) is 13.7. The molecule has 1 aliphatic rings. The summed E-state index contributed by atoms with van der Waals surface area (Å²) in [5, 5.41) is 3.40. The molecule has 0 saturated carbocycles. The van der Waals surface area contributed by atoms with E-state index in [0.717, 1.165) is 51.5 Å². The molecule has 1 aromatic carbocycles. The smallest absolute Gasteiger partial charge is 0.126 e. The molecular weight excluding hydrogens is 236 g/mol. The van der Waals surface area contributed by atoms with E-state index in [-0.39, 0.29) is 0 Å². The number of hydrogen-bond donors (Lipinski definition) is 1. The minimum atomic E-state index is 0.804. The Morgan fingerprint density at radius 1 is 1.21 bits per heavy atom. The lowest BCUT2D eigenvalue weighted by molar-refractivity contribution is 0.227. The summed E-state index contributed by atoms with van der Waals surface area (Å²) in [7, 11) is 0. The van der Waals surface area contributed by atoms with Gasteiger partial charge in [-0.1, -0.05) is 24.6 Å². The van der Waals surface area contributed by atoms with Crippen LogP contribution in [-0.2, 0) is 6.54 Å². The highest BCUT2D eigenvalue weighted by Gasteiger charge is 2.14. The first-order valence-electron chi connectivity index (χ1n) is 7.36. The first-order chi connectivity index (χ1) is 9.20. The van der Waals surface area contributed by atoms with Crippen molar-refractivity contribution < 1.29 is 4.74 Å². The van der Waals surface area contributed by atoms with Gasteiger partial charge in [-0.2, -0.15) is 0 Å². The van der Waals surface area contributed by atoms with Crippen LogP contribution in [0.5, 0.6) is 5.75 Å². The molecule has 1 aromatic rings. The summed E-state index contributed by atoms with van der Waals surface area (Å²) in [4.78, 5) is 2.50. The Morgan fingerprint density at radius 2 is 1.95 bits per heavy atom. The van der Waals surface area contributed by atoms with Gasteiger partial charge in [0.25, 0.3) is 0 Å². The van der Waals surface area contributed by atoms with E-state index in [0.29, 0.717) is 0 Å². The fourth-order valence-electron chi connectivity index (χ4n) is 2.68. The molecule has 0 spiro atoms. The van der Waals surface area contributed by atoms with E-state index in [1.807, 2.05) is 0 Å². The van der Waals surface area contributed by atoms with Gasteiger partial charge in [0, 0.05) is 38.3 Å². The van der Waals surface area contributed by atoms with E-state index in [9.17, 15) is 0 Å². The predicted octanol–water partition coefficient (Wildman–Crippen LogP) is 2.50. The number of rotatable bonds is 5. The highest BCUT2D eigenvalue weighted by atomic mass is 16.5. The Hall–Kier alpha value is -1.06. The second kappa shape index (κ2) is 6.92. The second-order valence-electron chi connectivity index (χ2n) is 5.44. The summed E-state index contributed by atoms with van der Waals surface area (Å²) < 4.78 is 5.97.